The fourth-order valence-electron chi connectivity index (χ4n) is 3.74. The molecule has 162 valence electrons. The normalized spacial score (nSPS) is 23.7. The minimum absolute atomic E-state index is 0.0413. The van der Waals surface area contributed by atoms with Crippen molar-refractivity contribution in [2.45, 2.75) is 48.0 Å². The summed E-state index contributed by atoms with van der Waals surface area (Å²) in [7, 11) is -3.93. The van der Waals surface area contributed by atoms with E-state index in [1.165, 1.54) is 42.5 Å². The topological polar surface area (TPSA) is 98.5 Å². The predicted octanol–water partition coefficient (Wildman–Crippen LogP) is 3.64. The summed E-state index contributed by atoms with van der Waals surface area (Å²) in [4.78, 5) is 12.5. The Bertz CT molecular complexity index is 1050. The number of amides is 1. The number of rotatable bonds is 5. The molecule has 30 heavy (non-hydrogen) atoms. The first-order valence-electron chi connectivity index (χ1n) is 9.37. The molecule has 0 bridgehead atoms. The Morgan fingerprint density at radius 3 is 2.40 bits per heavy atom. The van der Waals surface area contributed by atoms with E-state index in [0.29, 0.717) is 10.6 Å². The van der Waals surface area contributed by atoms with Crippen LogP contribution in [0.1, 0.15) is 32.3 Å². The van der Waals surface area contributed by atoms with Gasteiger partial charge in [-0.15, -0.1) is 0 Å². The van der Waals surface area contributed by atoms with Crippen molar-refractivity contribution in [3.8, 4) is 0 Å². The van der Waals surface area contributed by atoms with Crippen molar-refractivity contribution in [2.24, 2.45) is 5.73 Å². The molecule has 2 aromatic rings. The van der Waals surface area contributed by atoms with E-state index < -0.39 is 44.1 Å². The van der Waals surface area contributed by atoms with Crippen LogP contribution in [0.3, 0.4) is 0 Å². The molecule has 1 aliphatic carbocycles. The van der Waals surface area contributed by atoms with E-state index >= 15 is 0 Å². The smallest absolute Gasteiger partial charge is 0.408 e. The molecule has 3 rings (SSSR count). The van der Waals surface area contributed by atoms with Gasteiger partial charge >= 0.3 is 6.09 Å². The summed E-state index contributed by atoms with van der Waals surface area (Å²) in [5.74, 6) is -1.25. The molecular weight excluding hydrogens is 431 g/mol. The lowest BCUT2D eigenvalue weighted by atomic mass is 10.1. The van der Waals surface area contributed by atoms with Gasteiger partial charge in [-0.2, -0.15) is 0 Å². The number of nitrogens with one attached hydrogen (secondary N) is 1. The summed E-state index contributed by atoms with van der Waals surface area (Å²) in [5, 5.41) is 1.97. The predicted molar refractivity (Wildman–Crippen MR) is 113 cm³/mol. The first kappa shape index (κ1) is 22.5. The molecule has 0 saturated heterocycles. The van der Waals surface area contributed by atoms with Crippen LogP contribution in [-0.2, 0) is 14.6 Å². The van der Waals surface area contributed by atoms with E-state index in [9.17, 15) is 17.6 Å². The molecule has 0 heterocycles. The average molecular weight is 455 g/mol. The van der Waals surface area contributed by atoms with Crippen LogP contribution >= 0.6 is 11.6 Å². The monoisotopic (exact) mass is 454 g/mol. The SMILES string of the molecule is CC(C)(C)OC(=O)NC1(CN)C(c2cccc(F)c2)C1S(=O)(=O)c1ccc(Cl)cc1. The molecule has 1 fully saturated rings. The van der Waals surface area contributed by atoms with Crippen LogP contribution in [0.25, 0.3) is 0 Å². The van der Waals surface area contributed by atoms with Gasteiger partial charge in [0, 0.05) is 17.5 Å². The molecule has 3 unspecified atom stereocenters. The summed E-state index contributed by atoms with van der Waals surface area (Å²) >= 11 is 5.88. The zero-order valence-electron chi connectivity index (χ0n) is 16.9. The molecule has 1 aliphatic rings. The van der Waals surface area contributed by atoms with Crippen molar-refractivity contribution in [3.63, 3.8) is 0 Å². The quantitative estimate of drug-likeness (QED) is 0.718. The number of sulfone groups is 1. The molecule has 3 atom stereocenters. The zero-order valence-corrected chi connectivity index (χ0v) is 18.4. The Labute approximate surface area is 180 Å². The molecule has 3 N–H and O–H groups in total. The number of alkyl carbamates (subject to hydrolysis) is 1. The first-order chi connectivity index (χ1) is 13.9. The van der Waals surface area contributed by atoms with Crippen LogP contribution in [0.15, 0.2) is 53.4 Å². The third-order valence-electron chi connectivity index (χ3n) is 5.01. The van der Waals surface area contributed by atoms with E-state index in [-0.39, 0.29) is 11.4 Å². The summed E-state index contributed by atoms with van der Waals surface area (Å²) in [5.41, 5.74) is 4.29. The maximum Gasteiger partial charge on any atom is 0.408 e. The van der Waals surface area contributed by atoms with Crippen molar-refractivity contribution < 1.29 is 22.3 Å². The zero-order chi connectivity index (χ0) is 22.3. The first-order valence-corrected chi connectivity index (χ1v) is 11.3. The van der Waals surface area contributed by atoms with Gasteiger partial charge in [0.05, 0.1) is 10.4 Å². The third kappa shape index (κ3) is 4.31. The fourth-order valence-corrected chi connectivity index (χ4v) is 6.21. The van der Waals surface area contributed by atoms with Crippen molar-refractivity contribution in [3.05, 3.63) is 64.9 Å². The summed E-state index contributed by atoms with van der Waals surface area (Å²) in [6, 6.07) is 11.4. The van der Waals surface area contributed by atoms with Gasteiger partial charge in [0.15, 0.2) is 9.84 Å². The van der Waals surface area contributed by atoms with Crippen LogP contribution in [-0.4, -0.2) is 37.4 Å². The molecule has 2 aromatic carbocycles. The van der Waals surface area contributed by atoms with Gasteiger partial charge in [0.2, 0.25) is 0 Å². The van der Waals surface area contributed by atoms with E-state index in [0.717, 1.165) is 0 Å². The third-order valence-corrected chi connectivity index (χ3v) is 7.55. The number of carbonyl (C=O) groups excluding carboxylic acids is 1. The lowest BCUT2D eigenvalue weighted by Gasteiger charge is -2.24. The maximum atomic E-state index is 13.9. The molecule has 9 heteroatoms. The van der Waals surface area contributed by atoms with Gasteiger partial charge in [-0.25, -0.2) is 17.6 Å². The highest BCUT2D eigenvalue weighted by Crippen LogP contribution is 2.57. The molecule has 1 amide bonds. The largest absolute Gasteiger partial charge is 0.444 e. The average Bonchev–Trinajstić information content (AvgIpc) is 3.30. The number of hydrogen-bond donors (Lipinski definition) is 2. The van der Waals surface area contributed by atoms with Crippen molar-refractivity contribution in [2.75, 3.05) is 6.54 Å². The second kappa shape index (κ2) is 7.83. The molecule has 0 aromatic heterocycles. The van der Waals surface area contributed by atoms with Crippen LogP contribution in [0, 0.1) is 5.82 Å². The van der Waals surface area contributed by atoms with E-state index in [2.05, 4.69) is 5.32 Å². The highest BCUT2D eigenvalue weighted by molar-refractivity contribution is 7.92. The van der Waals surface area contributed by atoms with Crippen LogP contribution in [0.2, 0.25) is 5.02 Å². The second-order valence-electron chi connectivity index (χ2n) is 8.32. The Morgan fingerprint density at radius 2 is 1.87 bits per heavy atom. The Kier molecular flexibility index (Phi) is 5.88. The van der Waals surface area contributed by atoms with Crippen LogP contribution < -0.4 is 11.1 Å². The summed E-state index contributed by atoms with van der Waals surface area (Å²) in [6.07, 6.45) is -0.789. The number of hydrogen-bond acceptors (Lipinski definition) is 5. The molecular formula is C21H24ClFN2O4S. The van der Waals surface area contributed by atoms with Gasteiger partial charge in [0.1, 0.15) is 16.7 Å². The van der Waals surface area contributed by atoms with Crippen LogP contribution in [0.4, 0.5) is 9.18 Å². The standard InChI is InChI=1S/C21H24ClFN2O4S/c1-20(2,3)29-19(26)25-21(12-24)17(13-5-4-6-15(23)11-13)18(21)30(27,28)16-9-7-14(22)8-10-16/h4-11,17-18H,12,24H2,1-3H3,(H,25,26). The number of carbonyl (C=O) groups is 1. The highest BCUT2D eigenvalue weighted by Gasteiger charge is 2.71. The van der Waals surface area contributed by atoms with Gasteiger partial charge in [-0.05, 0) is 62.7 Å². The van der Waals surface area contributed by atoms with Crippen molar-refractivity contribution in [1.29, 1.82) is 0 Å². The van der Waals surface area contributed by atoms with E-state index in [4.69, 9.17) is 22.1 Å². The highest BCUT2D eigenvalue weighted by atomic mass is 35.5. The van der Waals surface area contributed by atoms with Crippen molar-refractivity contribution in [1.82, 2.24) is 5.32 Å². The van der Waals surface area contributed by atoms with Gasteiger partial charge < -0.3 is 15.8 Å². The van der Waals surface area contributed by atoms with E-state index in [1.807, 2.05) is 0 Å². The molecule has 0 spiro atoms. The molecule has 0 radical (unpaired) electrons. The summed E-state index contributed by atoms with van der Waals surface area (Å²) < 4.78 is 46.1. The molecule has 6 nitrogen and oxygen atoms in total. The minimum atomic E-state index is -3.93. The van der Waals surface area contributed by atoms with Crippen LogP contribution in [0.5, 0.6) is 0 Å². The van der Waals surface area contributed by atoms with Gasteiger partial charge in [-0.3, -0.25) is 0 Å². The second-order valence-corrected chi connectivity index (χ2v) is 10.8. The number of benzene rings is 2. The lowest BCUT2D eigenvalue weighted by molar-refractivity contribution is 0.0497. The van der Waals surface area contributed by atoms with Crippen molar-refractivity contribution >= 4 is 27.5 Å². The summed E-state index contributed by atoms with van der Waals surface area (Å²) in [6.45, 7) is 4.91. The van der Waals surface area contributed by atoms with Gasteiger partial charge in [0.25, 0.3) is 0 Å². The van der Waals surface area contributed by atoms with Gasteiger partial charge in [-0.1, -0.05) is 23.7 Å². The minimum Gasteiger partial charge on any atom is -0.444 e. The number of ether oxygens (including phenoxy) is 1. The molecule has 0 aliphatic heterocycles. The lowest BCUT2D eigenvalue weighted by Crippen LogP contribution is -2.49. The molecule has 1 saturated carbocycles. The maximum absolute atomic E-state index is 13.9. The number of nitrogens with two attached hydrogens (primary N) is 1. The fraction of sp³-hybridized carbons (Fsp3) is 0.381. The Morgan fingerprint density at radius 1 is 1.23 bits per heavy atom. The Hall–Kier alpha value is -2.16. The van der Waals surface area contributed by atoms with E-state index in [1.54, 1.807) is 26.8 Å². The number of halogens is 2. The Balaban J connectivity index is 2.05.